The zero-order valence-electron chi connectivity index (χ0n) is 19.1. The van der Waals surface area contributed by atoms with Crippen LogP contribution in [-0.4, -0.2) is 17.6 Å². The molecule has 0 saturated carbocycles. The van der Waals surface area contributed by atoms with E-state index >= 15 is 0 Å². The van der Waals surface area contributed by atoms with E-state index in [4.69, 9.17) is 9.47 Å². The molecule has 1 unspecified atom stereocenters. The van der Waals surface area contributed by atoms with E-state index in [0.717, 1.165) is 16.0 Å². The van der Waals surface area contributed by atoms with E-state index < -0.39 is 12.0 Å². The fourth-order valence-corrected chi connectivity index (χ4v) is 5.89. The lowest BCUT2D eigenvalue weighted by Crippen LogP contribution is -2.39. The molecule has 0 amide bonds. The Morgan fingerprint density at radius 2 is 1.86 bits per heavy atom. The van der Waals surface area contributed by atoms with Gasteiger partial charge in [-0.15, -0.1) is 11.3 Å². The average Bonchev–Trinajstić information content (AvgIpc) is 3.51. The molecule has 0 bridgehead atoms. The number of thiazole rings is 1. The largest absolute Gasteiger partial charge is 0.496 e. The van der Waals surface area contributed by atoms with Crippen molar-refractivity contribution in [3.05, 3.63) is 119 Å². The van der Waals surface area contributed by atoms with Crippen LogP contribution in [0, 0.1) is 0 Å². The second-order valence-electron chi connectivity index (χ2n) is 7.90. The van der Waals surface area contributed by atoms with Crippen LogP contribution >= 0.6 is 22.7 Å². The van der Waals surface area contributed by atoms with Gasteiger partial charge in [-0.2, -0.15) is 0 Å². The van der Waals surface area contributed by atoms with Gasteiger partial charge >= 0.3 is 5.97 Å². The maximum Gasteiger partial charge on any atom is 0.338 e. The molecule has 0 spiro atoms. The van der Waals surface area contributed by atoms with Crippen molar-refractivity contribution in [3.8, 4) is 5.75 Å². The lowest BCUT2D eigenvalue weighted by Gasteiger charge is -2.23. The van der Waals surface area contributed by atoms with E-state index in [9.17, 15) is 9.59 Å². The van der Waals surface area contributed by atoms with Crippen LogP contribution in [0.2, 0.25) is 0 Å². The van der Waals surface area contributed by atoms with Crippen LogP contribution in [-0.2, 0) is 16.1 Å². The molecule has 6 nitrogen and oxygen atoms in total. The number of methoxy groups -OCH3 is 1. The fraction of sp³-hybridized carbons (Fsp3) is 0.148. The molecule has 1 aliphatic rings. The van der Waals surface area contributed by atoms with Crippen LogP contribution in [0.3, 0.4) is 0 Å². The van der Waals surface area contributed by atoms with Gasteiger partial charge in [0.25, 0.3) is 5.56 Å². The molecule has 0 fully saturated rings. The summed E-state index contributed by atoms with van der Waals surface area (Å²) < 4.78 is 13.2. The first-order chi connectivity index (χ1) is 17.1. The minimum absolute atomic E-state index is 0.145. The maximum atomic E-state index is 13.6. The van der Waals surface area contributed by atoms with Gasteiger partial charge in [0, 0.05) is 10.4 Å². The average molecular weight is 503 g/mol. The SMILES string of the molecule is COc1ccccc1/C=c1/sc2n(c1=O)C(c1cccs1)C(C(=O)OCc1ccccc1)=C(C)N=2. The predicted octanol–water partition coefficient (Wildman–Crippen LogP) is 4.05. The summed E-state index contributed by atoms with van der Waals surface area (Å²) in [6.45, 7) is 1.93. The van der Waals surface area contributed by atoms with Crippen molar-refractivity contribution in [2.75, 3.05) is 7.11 Å². The summed E-state index contributed by atoms with van der Waals surface area (Å²) in [5, 5.41) is 1.93. The molecule has 5 rings (SSSR count). The monoisotopic (exact) mass is 502 g/mol. The minimum atomic E-state index is -0.602. The fourth-order valence-electron chi connectivity index (χ4n) is 4.03. The first-order valence-electron chi connectivity index (χ1n) is 11.0. The van der Waals surface area contributed by atoms with E-state index in [1.165, 1.54) is 22.7 Å². The summed E-state index contributed by atoms with van der Waals surface area (Å²) in [6, 6.07) is 20.3. The van der Waals surface area contributed by atoms with Crippen molar-refractivity contribution in [2.45, 2.75) is 19.6 Å². The summed E-state index contributed by atoms with van der Waals surface area (Å²) in [4.78, 5) is 33.0. The first-order valence-corrected chi connectivity index (χ1v) is 12.7. The van der Waals surface area contributed by atoms with Gasteiger partial charge in [-0.3, -0.25) is 9.36 Å². The number of hydrogen-bond donors (Lipinski definition) is 0. The highest BCUT2D eigenvalue weighted by Gasteiger charge is 2.34. The molecule has 2 aromatic carbocycles. The number of carbonyl (C=O) groups excluding carboxylic acids is 1. The maximum absolute atomic E-state index is 13.6. The van der Waals surface area contributed by atoms with Crippen molar-refractivity contribution < 1.29 is 14.3 Å². The van der Waals surface area contributed by atoms with Crippen LogP contribution in [0.1, 0.15) is 29.0 Å². The molecule has 0 N–H and O–H groups in total. The van der Waals surface area contributed by atoms with Crippen molar-refractivity contribution in [2.24, 2.45) is 4.99 Å². The molecule has 35 heavy (non-hydrogen) atoms. The van der Waals surface area contributed by atoms with Gasteiger partial charge in [0.05, 0.1) is 22.9 Å². The molecule has 1 atom stereocenters. The standard InChI is InChI=1S/C27H22N2O4S2/c1-17-23(26(31)33-16-18-9-4-3-5-10-18)24(21-13-8-14-34-21)29-25(30)22(35-27(29)28-17)15-19-11-6-7-12-20(19)32-2/h3-15,24H,16H2,1-2H3/b22-15+. The second-order valence-corrected chi connectivity index (χ2v) is 9.89. The number of fused-ring (bicyclic) bond motifs is 1. The lowest BCUT2D eigenvalue weighted by atomic mass is 10.0. The first kappa shape index (κ1) is 23.0. The highest BCUT2D eigenvalue weighted by atomic mass is 32.1. The number of esters is 1. The zero-order valence-corrected chi connectivity index (χ0v) is 20.8. The number of nitrogens with zero attached hydrogens (tertiary/aromatic N) is 2. The molecule has 8 heteroatoms. The molecule has 3 heterocycles. The molecular weight excluding hydrogens is 480 g/mol. The van der Waals surface area contributed by atoms with Crippen LogP contribution in [0.15, 0.2) is 93.2 Å². The molecule has 0 radical (unpaired) electrons. The van der Waals surface area contributed by atoms with Crippen molar-refractivity contribution >= 4 is 34.7 Å². The van der Waals surface area contributed by atoms with E-state index in [0.29, 0.717) is 26.4 Å². The van der Waals surface area contributed by atoms with Gasteiger partial charge in [-0.05, 0) is 36.1 Å². The zero-order chi connectivity index (χ0) is 24.4. The third-order valence-electron chi connectivity index (χ3n) is 5.69. The van der Waals surface area contributed by atoms with Crippen LogP contribution in [0.4, 0.5) is 0 Å². The normalized spacial score (nSPS) is 15.5. The number of ether oxygens (including phenoxy) is 2. The highest BCUT2D eigenvalue weighted by Crippen LogP contribution is 2.33. The smallest absolute Gasteiger partial charge is 0.338 e. The van der Waals surface area contributed by atoms with Crippen molar-refractivity contribution in [3.63, 3.8) is 0 Å². The molecule has 1 aliphatic heterocycles. The van der Waals surface area contributed by atoms with E-state index in [1.54, 1.807) is 24.7 Å². The molecular formula is C27H22N2O4S2. The van der Waals surface area contributed by atoms with Crippen molar-refractivity contribution in [1.82, 2.24) is 4.57 Å². The summed E-state index contributed by atoms with van der Waals surface area (Å²) >= 11 is 2.79. The number of hydrogen-bond acceptors (Lipinski definition) is 7. The van der Waals surface area contributed by atoms with Crippen LogP contribution in [0.5, 0.6) is 5.75 Å². The summed E-state index contributed by atoms with van der Waals surface area (Å²) in [5.74, 6) is 0.196. The van der Waals surface area contributed by atoms with Crippen LogP contribution < -0.4 is 19.6 Å². The Morgan fingerprint density at radius 3 is 2.60 bits per heavy atom. The van der Waals surface area contributed by atoms with E-state index in [2.05, 4.69) is 4.99 Å². The lowest BCUT2D eigenvalue weighted by molar-refractivity contribution is -0.140. The number of aromatic nitrogens is 1. The highest BCUT2D eigenvalue weighted by molar-refractivity contribution is 7.10. The molecule has 0 aliphatic carbocycles. The van der Waals surface area contributed by atoms with Gasteiger partial charge in [-0.25, -0.2) is 9.79 Å². The van der Waals surface area contributed by atoms with Crippen molar-refractivity contribution in [1.29, 1.82) is 0 Å². The quantitative estimate of drug-likeness (QED) is 0.373. The Labute approximate surface area is 209 Å². The summed E-state index contributed by atoms with van der Waals surface area (Å²) in [6.07, 6.45) is 1.81. The van der Waals surface area contributed by atoms with Crippen LogP contribution in [0.25, 0.3) is 6.08 Å². The molecule has 0 saturated heterocycles. The van der Waals surface area contributed by atoms with Gasteiger partial charge in [0.2, 0.25) is 0 Å². The Balaban J connectivity index is 1.60. The third-order valence-corrected chi connectivity index (χ3v) is 7.60. The number of rotatable bonds is 6. The summed E-state index contributed by atoms with van der Waals surface area (Å²) in [5.41, 5.74) is 2.40. The Kier molecular flexibility index (Phi) is 6.48. The van der Waals surface area contributed by atoms with Gasteiger partial charge in [-0.1, -0.05) is 65.9 Å². The minimum Gasteiger partial charge on any atom is -0.496 e. The number of carbonyl (C=O) groups is 1. The molecule has 176 valence electrons. The molecule has 2 aromatic heterocycles. The summed E-state index contributed by atoms with van der Waals surface area (Å²) in [7, 11) is 1.60. The van der Waals surface area contributed by atoms with Gasteiger partial charge < -0.3 is 9.47 Å². The predicted molar refractivity (Wildman–Crippen MR) is 137 cm³/mol. The third kappa shape index (κ3) is 4.50. The number of allylic oxidation sites excluding steroid dienone is 1. The van der Waals surface area contributed by atoms with E-state index in [-0.39, 0.29) is 12.2 Å². The van der Waals surface area contributed by atoms with Gasteiger partial charge in [0.1, 0.15) is 18.4 Å². The topological polar surface area (TPSA) is 69.9 Å². The number of thiophene rings is 1. The number of para-hydroxylation sites is 1. The van der Waals surface area contributed by atoms with Gasteiger partial charge in [0.15, 0.2) is 4.80 Å². The Morgan fingerprint density at radius 1 is 1.09 bits per heavy atom. The Bertz CT molecular complexity index is 1580. The van der Waals surface area contributed by atoms with E-state index in [1.807, 2.05) is 72.1 Å². The molecule has 4 aromatic rings. The second kappa shape index (κ2) is 9.85. The Hall–Kier alpha value is -3.75. The number of benzene rings is 2.